The van der Waals surface area contributed by atoms with Crippen LogP contribution in [0.2, 0.25) is 0 Å². The fourth-order valence-corrected chi connectivity index (χ4v) is 5.42. The number of halogens is 1. The van der Waals surface area contributed by atoms with Gasteiger partial charge in [-0.3, -0.25) is 34.4 Å². The van der Waals surface area contributed by atoms with Gasteiger partial charge in [-0.05, 0) is 48.7 Å². The molecular formula is C36H34FN5O5. The number of hydrogen-bond donors (Lipinski definition) is 4. The first-order chi connectivity index (χ1) is 22.8. The van der Waals surface area contributed by atoms with Crippen molar-refractivity contribution >= 4 is 56.7 Å². The van der Waals surface area contributed by atoms with E-state index in [1.165, 1.54) is 24.3 Å². The quantitative estimate of drug-likeness (QED) is 0.0492. The van der Waals surface area contributed by atoms with Crippen molar-refractivity contribution in [2.75, 3.05) is 10.6 Å². The zero-order valence-corrected chi connectivity index (χ0v) is 25.5. The fourth-order valence-electron chi connectivity index (χ4n) is 5.42. The van der Waals surface area contributed by atoms with Crippen molar-refractivity contribution in [3.05, 3.63) is 108 Å². The molecule has 0 aliphatic heterocycles. The Balaban J connectivity index is 1.35. The number of amides is 3. The number of alkyl halides is 1. The molecule has 2 heterocycles. The largest absolute Gasteiger partial charge is 0.326 e. The van der Waals surface area contributed by atoms with Crippen LogP contribution >= 0.6 is 0 Å². The average molecular weight is 636 g/mol. The second-order valence-corrected chi connectivity index (χ2v) is 11.2. The molecule has 0 bridgehead atoms. The minimum absolute atomic E-state index is 0.189. The maximum atomic E-state index is 17.3. The van der Waals surface area contributed by atoms with Gasteiger partial charge in [0.05, 0.1) is 16.7 Å². The number of carbonyl (C=O) groups is 4. The second kappa shape index (κ2) is 15.2. The third kappa shape index (κ3) is 7.82. The van der Waals surface area contributed by atoms with Crippen LogP contribution in [0.25, 0.3) is 21.8 Å². The third-order valence-corrected chi connectivity index (χ3v) is 7.89. The van der Waals surface area contributed by atoms with Crippen molar-refractivity contribution in [2.24, 2.45) is 0 Å². The van der Waals surface area contributed by atoms with Gasteiger partial charge in [-0.15, -0.1) is 0 Å². The smallest absolute Gasteiger partial charge is 0.274 e. The summed E-state index contributed by atoms with van der Waals surface area (Å²) in [5, 5.41) is 15.4. The number of para-hydroxylation sites is 2. The SMILES string of the molecule is O=C(CCCCCCC(=O)Nc1ccc(C(F)(C(=O)Cc2cccc3cccnc23)C(=O)Nc2cccc3cccnc23)cc1)NO. The Morgan fingerprint density at radius 1 is 0.681 bits per heavy atom. The molecule has 11 heteroatoms. The molecule has 5 aromatic rings. The summed E-state index contributed by atoms with van der Waals surface area (Å²) < 4.78 is 17.3. The van der Waals surface area contributed by atoms with Crippen LogP contribution in [0.5, 0.6) is 0 Å². The Labute approximate surface area is 270 Å². The molecule has 0 spiro atoms. The van der Waals surface area contributed by atoms with Crippen molar-refractivity contribution in [1.29, 1.82) is 0 Å². The molecule has 10 nitrogen and oxygen atoms in total. The molecule has 2 aromatic heterocycles. The molecule has 240 valence electrons. The molecule has 3 amide bonds. The predicted octanol–water partition coefficient (Wildman–Crippen LogP) is 6.18. The number of benzene rings is 3. The third-order valence-electron chi connectivity index (χ3n) is 7.89. The van der Waals surface area contributed by atoms with Gasteiger partial charge in [0, 0.05) is 53.7 Å². The Hall–Kier alpha value is -5.55. The predicted molar refractivity (Wildman–Crippen MR) is 176 cm³/mol. The number of aromatic nitrogens is 2. The Bertz CT molecular complexity index is 1810. The monoisotopic (exact) mass is 635 g/mol. The van der Waals surface area contributed by atoms with Crippen molar-refractivity contribution in [3.63, 3.8) is 0 Å². The van der Waals surface area contributed by atoms with Gasteiger partial charge >= 0.3 is 0 Å². The number of pyridine rings is 2. The normalized spacial score (nSPS) is 12.3. The molecule has 0 aliphatic rings. The Morgan fingerprint density at radius 3 is 1.96 bits per heavy atom. The maximum absolute atomic E-state index is 17.3. The Morgan fingerprint density at radius 2 is 1.28 bits per heavy atom. The summed E-state index contributed by atoms with van der Waals surface area (Å²) in [5.74, 6) is -2.84. The zero-order valence-electron chi connectivity index (χ0n) is 25.5. The minimum atomic E-state index is -3.09. The highest BCUT2D eigenvalue weighted by Crippen LogP contribution is 2.33. The van der Waals surface area contributed by atoms with E-state index in [0.717, 1.165) is 23.6 Å². The summed E-state index contributed by atoms with van der Waals surface area (Å²) in [6.07, 6.45) is 5.86. The molecule has 0 saturated carbocycles. The van der Waals surface area contributed by atoms with Gasteiger partial charge in [0.25, 0.3) is 11.6 Å². The number of nitrogens with one attached hydrogen (secondary N) is 3. The van der Waals surface area contributed by atoms with Gasteiger partial charge < -0.3 is 10.6 Å². The highest BCUT2D eigenvalue weighted by molar-refractivity contribution is 6.17. The van der Waals surface area contributed by atoms with Crippen LogP contribution in [0.1, 0.15) is 49.7 Å². The van der Waals surface area contributed by atoms with Gasteiger partial charge in [0.15, 0.2) is 5.78 Å². The van der Waals surface area contributed by atoms with Gasteiger partial charge in [0.2, 0.25) is 11.8 Å². The molecule has 5 rings (SSSR count). The van der Waals surface area contributed by atoms with E-state index in [9.17, 15) is 19.2 Å². The van der Waals surface area contributed by atoms with E-state index in [4.69, 9.17) is 5.21 Å². The molecule has 3 aromatic carbocycles. The number of nitrogens with zero attached hydrogens (tertiary/aromatic N) is 2. The zero-order chi connectivity index (χ0) is 33.2. The van der Waals surface area contributed by atoms with Crippen LogP contribution in [0.15, 0.2) is 97.3 Å². The summed E-state index contributed by atoms with van der Waals surface area (Å²) in [6.45, 7) is 0. The van der Waals surface area contributed by atoms with E-state index in [1.807, 2.05) is 24.3 Å². The van der Waals surface area contributed by atoms with Crippen molar-refractivity contribution < 1.29 is 28.8 Å². The van der Waals surface area contributed by atoms with E-state index >= 15 is 4.39 Å². The number of unbranched alkanes of at least 4 members (excludes halogenated alkanes) is 3. The molecule has 1 atom stereocenters. The Kier molecular flexibility index (Phi) is 10.6. The highest BCUT2D eigenvalue weighted by atomic mass is 19.1. The molecule has 47 heavy (non-hydrogen) atoms. The summed E-state index contributed by atoms with van der Waals surface area (Å²) in [6, 6.07) is 23.1. The first-order valence-corrected chi connectivity index (χ1v) is 15.3. The van der Waals surface area contributed by atoms with Crippen LogP contribution < -0.4 is 16.1 Å². The summed E-state index contributed by atoms with van der Waals surface area (Å²) in [5.41, 5.74) is 0.416. The van der Waals surface area contributed by atoms with Gasteiger partial charge in [-0.1, -0.05) is 67.4 Å². The lowest BCUT2D eigenvalue weighted by atomic mass is 9.86. The molecule has 0 fully saturated rings. The fraction of sp³-hybridized carbons (Fsp3) is 0.222. The van der Waals surface area contributed by atoms with E-state index in [1.54, 1.807) is 54.3 Å². The maximum Gasteiger partial charge on any atom is 0.274 e. The number of ketones is 1. The minimum Gasteiger partial charge on any atom is -0.326 e. The average Bonchev–Trinajstić information content (AvgIpc) is 3.09. The van der Waals surface area contributed by atoms with E-state index in [2.05, 4.69) is 20.6 Å². The van der Waals surface area contributed by atoms with Gasteiger partial charge in [-0.25, -0.2) is 9.87 Å². The summed E-state index contributed by atoms with van der Waals surface area (Å²) in [4.78, 5) is 60.0. The van der Waals surface area contributed by atoms with Crippen LogP contribution in [0.3, 0.4) is 0 Å². The molecular weight excluding hydrogens is 601 g/mol. The summed E-state index contributed by atoms with van der Waals surface area (Å²) in [7, 11) is 0. The first-order valence-electron chi connectivity index (χ1n) is 15.3. The lowest BCUT2D eigenvalue weighted by Crippen LogP contribution is -2.44. The molecule has 0 saturated heterocycles. The lowest BCUT2D eigenvalue weighted by molar-refractivity contribution is -0.141. The second-order valence-electron chi connectivity index (χ2n) is 11.2. The number of fused-ring (bicyclic) bond motifs is 2. The van der Waals surface area contributed by atoms with Crippen molar-refractivity contribution in [3.8, 4) is 0 Å². The van der Waals surface area contributed by atoms with Crippen molar-refractivity contribution in [1.82, 2.24) is 15.4 Å². The van der Waals surface area contributed by atoms with Crippen LogP contribution in [-0.2, 0) is 31.3 Å². The number of carbonyl (C=O) groups excluding carboxylic acids is 4. The number of rotatable bonds is 14. The van der Waals surface area contributed by atoms with E-state index in [-0.39, 0.29) is 30.0 Å². The number of anilines is 2. The summed E-state index contributed by atoms with van der Waals surface area (Å²) >= 11 is 0. The van der Waals surface area contributed by atoms with Crippen LogP contribution in [-0.4, -0.2) is 38.7 Å². The van der Waals surface area contributed by atoms with Crippen LogP contribution in [0.4, 0.5) is 15.8 Å². The first kappa shape index (κ1) is 32.8. The number of hydrogen-bond acceptors (Lipinski definition) is 7. The van der Waals surface area contributed by atoms with Crippen molar-refractivity contribution in [2.45, 2.75) is 50.6 Å². The molecule has 4 N–H and O–H groups in total. The number of hydroxylamine groups is 1. The molecule has 1 unspecified atom stereocenters. The molecule has 0 radical (unpaired) electrons. The number of Topliss-reactive ketones (excluding diaryl/α,β-unsaturated/α-hetero) is 1. The lowest BCUT2D eigenvalue weighted by Gasteiger charge is -2.24. The van der Waals surface area contributed by atoms with Crippen LogP contribution in [0, 0.1) is 0 Å². The highest BCUT2D eigenvalue weighted by Gasteiger charge is 2.48. The topological polar surface area (TPSA) is 150 Å². The molecule has 0 aliphatic carbocycles. The van der Waals surface area contributed by atoms with E-state index < -0.39 is 29.7 Å². The van der Waals surface area contributed by atoms with Gasteiger partial charge in [0.1, 0.15) is 0 Å². The van der Waals surface area contributed by atoms with E-state index in [0.29, 0.717) is 35.1 Å². The standard InChI is InChI=1S/C36H34FN5O5/c37-36(30(43)23-26-11-5-9-24-12-7-21-38-33(24)26,35(46)41-29-14-6-10-25-13-8-22-39-34(25)29)27-17-19-28(20-18-27)40-31(44)15-3-1-2-4-16-32(45)42-47/h5-14,17-22,47H,1-4,15-16,23H2,(H,40,44)(H,41,46)(H,42,45). The van der Waals surface area contributed by atoms with Gasteiger partial charge in [-0.2, -0.15) is 0 Å².